The van der Waals surface area contributed by atoms with E-state index in [1.54, 1.807) is 6.92 Å². The molecule has 0 fully saturated rings. The molecule has 0 heterocycles. The van der Waals surface area contributed by atoms with Crippen LogP contribution in [-0.4, -0.2) is 24.4 Å². The predicted octanol–water partition coefficient (Wildman–Crippen LogP) is 2.34. The van der Waals surface area contributed by atoms with Crippen LogP contribution < -0.4 is 0 Å². The van der Waals surface area contributed by atoms with Gasteiger partial charge in [-0.15, -0.1) is 0 Å². The second-order valence-electron chi connectivity index (χ2n) is 3.94. The molecule has 6 heteroatoms. The van der Waals surface area contributed by atoms with Gasteiger partial charge in [-0.25, -0.2) is 13.2 Å². The van der Waals surface area contributed by atoms with Gasteiger partial charge in [0.15, 0.2) is 17.5 Å². The number of carbonyl (C=O) groups is 1. The van der Waals surface area contributed by atoms with Crippen molar-refractivity contribution in [3.8, 4) is 6.07 Å². The van der Waals surface area contributed by atoms with Crippen molar-refractivity contribution >= 4 is 5.91 Å². The summed E-state index contributed by atoms with van der Waals surface area (Å²) in [6, 6.07) is 3.48. The summed E-state index contributed by atoms with van der Waals surface area (Å²) in [5, 5.41) is 8.60. The Hall–Kier alpha value is -2.03. The van der Waals surface area contributed by atoms with Crippen LogP contribution in [0.3, 0.4) is 0 Å². The molecule has 0 aliphatic rings. The Morgan fingerprint density at radius 1 is 1.39 bits per heavy atom. The lowest BCUT2D eigenvalue weighted by atomic mass is 10.1. The number of nitrogens with zero attached hydrogens (tertiary/aromatic N) is 2. The summed E-state index contributed by atoms with van der Waals surface area (Å²) in [6.45, 7) is 1.67. The molecule has 0 saturated carbocycles. The van der Waals surface area contributed by atoms with Gasteiger partial charge in [-0.05, 0) is 19.1 Å². The minimum atomic E-state index is -1.68. The summed E-state index contributed by atoms with van der Waals surface area (Å²) >= 11 is 0. The molecule has 1 aromatic carbocycles. The number of nitriles is 1. The number of rotatable bonds is 3. The SMILES string of the molecule is CC(C#N)CN(C)C(=O)c1ccc(F)c(F)c1F. The molecule has 0 aliphatic carbocycles. The van der Waals surface area contributed by atoms with Crippen molar-refractivity contribution < 1.29 is 18.0 Å². The topological polar surface area (TPSA) is 44.1 Å². The maximum Gasteiger partial charge on any atom is 0.256 e. The van der Waals surface area contributed by atoms with Gasteiger partial charge < -0.3 is 4.90 Å². The van der Waals surface area contributed by atoms with Crippen molar-refractivity contribution in [1.29, 1.82) is 5.26 Å². The molecular formula is C12H11F3N2O. The zero-order valence-corrected chi connectivity index (χ0v) is 9.88. The highest BCUT2D eigenvalue weighted by molar-refractivity contribution is 5.94. The first-order chi connectivity index (χ1) is 8.38. The van der Waals surface area contributed by atoms with Crippen LogP contribution in [0.2, 0.25) is 0 Å². The van der Waals surface area contributed by atoms with E-state index in [9.17, 15) is 18.0 Å². The molecule has 1 amide bonds. The molecule has 0 aromatic heterocycles. The zero-order chi connectivity index (χ0) is 13.9. The van der Waals surface area contributed by atoms with Crippen molar-refractivity contribution in [2.24, 2.45) is 5.92 Å². The van der Waals surface area contributed by atoms with Gasteiger partial charge in [0.25, 0.3) is 5.91 Å². The first-order valence-electron chi connectivity index (χ1n) is 5.17. The smallest absolute Gasteiger partial charge is 0.256 e. The minimum absolute atomic E-state index is 0.0772. The highest BCUT2D eigenvalue weighted by Gasteiger charge is 2.22. The summed E-state index contributed by atoms with van der Waals surface area (Å²) in [7, 11) is 1.36. The summed E-state index contributed by atoms with van der Waals surface area (Å²) in [5.41, 5.74) is -0.554. The number of carbonyl (C=O) groups excluding carboxylic acids is 1. The molecule has 0 N–H and O–H groups in total. The predicted molar refractivity (Wildman–Crippen MR) is 58.1 cm³/mol. The molecule has 18 heavy (non-hydrogen) atoms. The third kappa shape index (κ3) is 2.80. The van der Waals surface area contributed by atoms with Crippen LogP contribution in [0.25, 0.3) is 0 Å². The van der Waals surface area contributed by atoms with E-state index in [-0.39, 0.29) is 6.54 Å². The Morgan fingerprint density at radius 2 is 2.00 bits per heavy atom. The molecule has 1 rings (SSSR count). The van der Waals surface area contributed by atoms with E-state index in [0.717, 1.165) is 11.0 Å². The van der Waals surface area contributed by atoms with Crippen LogP contribution in [0.1, 0.15) is 17.3 Å². The first-order valence-corrected chi connectivity index (χ1v) is 5.17. The third-order valence-corrected chi connectivity index (χ3v) is 2.38. The van der Waals surface area contributed by atoms with Gasteiger partial charge in [-0.1, -0.05) is 0 Å². The molecule has 96 valence electrons. The summed E-state index contributed by atoms with van der Waals surface area (Å²) in [4.78, 5) is 12.9. The van der Waals surface area contributed by atoms with Crippen LogP contribution in [0.5, 0.6) is 0 Å². The number of hydrogen-bond acceptors (Lipinski definition) is 2. The molecule has 1 unspecified atom stereocenters. The minimum Gasteiger partial charge on any atom is -0.340 e. The summed E-state index contributed by atoms with van der Waals surface area (Å²) < 4.78 is 39.0. The number of halogens is 3. The largest absolute Gasteiger partial charge is 0.340 e. The fraction of sp³-hybridized carbons (Fsp3) is 0.333. The fourth-order valence-corrected chi connectivity index (χ4v) is 1.43. The number of hydrogen-bond donors (Lipinski definition) is 0. The zero-order valence-electron chi connectivity index (χ0n) is 9.88. The van der Waals surface area contributed by atoms with E-state index in [4.69, 9.17) is 5.26 Å². The molecular weight excluding hydrogens is 245 g/mol. The maximum absolute atomic E-state index is 13.4. The Bertz CT molecular complexity index is 511. The summed E-state index contributed by atoms with van der Waals surface area (Å²) in [6.07, 6.45) is 0. The monoisotopic (exact) mass is 256 g/mol. The van der Waals surface area contributed by atoms with Crippen molar-refractivity contribution in [1.82, 2.24) is 4.90 Å². The Kier molecular flexibility index (Phi) is 4.32. The van der Waals surface area contributed by atoms with E-state index >= 15 is 0 Å². The highest BCUT2D eigenvalue weighted by atomic mass is 19.2. The molecule has 1 atom stereocenters. The van der Waals surface area contributed by atoms with Crippen LogP contribution >= 0.6 is 0 Å². The van der Waals surface area contributed by atoms with Gasteiger partial charge in [-0.3, -0.25) is 4.79 Å². The lowest BCUT2D eigenvalue weighted by molar-refractivity contribution is 0.0779. The van der Waals surface area contributed by atoms with E-state index in [1.165, 1.54) is 7.05 Å². The molecule has 0 radical (unpaired) electrons. The van der Waals surface area contributed by atoms with Crippen molar-refractivity contribution in [3.05, 3.63) is 35.1 Å². The van der Waals surface area contributed by atoms with E-state index < -0.39 is 34.8 Å². The summed E-state index contributed by atoms with van der Waals surface area (Å²) in [5.74, 6) is -5.78. The number of benzene rings is 1. The Morgan fingerprint density at radius 3 is 2.56 bits per heavy atom. The molecule has 0 aliphatic heterocycles. The van der Waals surface area contributed by atoms with E-state index in [0.29, 0.717) is 6.07 Å². The lowest BCUT2D eigenvalue weighted by Gasteiger charge is -2.18. The average Bonchev–Trinajstić information content (AvgIpc) is 2.35. The first kappa shape index (κ1) is 14.0. The second-order valence-corrected chi connectivity index (χ2v) is 3.94. The second kappa shape index (κ2) is 5.54. The Balaban J connectivity index is 2.98. The van der Waals surface area contributed by atoms with Gasteiger partial charge >= 0.3 is 0 Å². The van der Waals surface area contributed by atoms with E-state index in [2.05, 4.69) is 0 Å². The number of amides is 1. The van der Waals surface area contributed by atoms with Crippen molar-refractivity contribution in [2.75, 3.05) is 13.6 Å². The Labute approximate surface area is 102 Å². The average molecular weight is 256 g/mol. The normalized spacial score (nSPS) is 11.8. The quantitative estimate of drug-likeness (QED) is 0.779. The van der Waals surface area contributed by atoms with Crippen LogP contribution in [0.15, 0.2) is 12.1 Å². The third-order valence-electron chi connectivity index (χ3n) is 2.38. The van der Waals surface area contributed by atoms with Gasteiger partial charge in [-0.2, -0.15) is 5.26 Å². The van der Waals surface area contributed by atoms with Crippen LogP contribution in [-0.2, 0) is 0 Å². The maximum atomic E-state index is 13.4. The molecule has 0 bridgehead atoms. The van der Waals surface area contributed by atoms with Crippen LogP contribution in [0, 0.1) is 34.7 Å². The van der Waals surface area contributed by atoms with Gasteiger partial charge in [0.05, 0.1) is 17.6 Å². The van der Waals surface area contributed by atoms with Gasteiger partial charge in [0.2, 0.25) is 0 Å². The molecule has 0 saturated heterocycles. The fourth-order valence-electron chi connectivity index (χ4n) is 1.43. The van der Waals surface area contributed by atoms with Crippen molar-refractivity contribution in [3.63, 3.8) is 0 Å². The standard InChI is InChI=1S/C12H11F3N2O/c1-7(5-16)6-17(2)12(18)8-3-4-9(13)11(15)10(8)14/h3-4,7H,6H2,1-2H3. The van der Waals surface area contributed by atoms with E-state index in [1.807, 2.05) is 6.07 Å². The van der Waals surface area contributed by atoms with Gasteiger partial charge in [0.1, 0.15) is 0 Å². The highest BCUT2D eigenvalue weighted by Crippen LogP contribution is 2.16. The molecule has 0 spiro atoms. The molecule has 1 aromatic rings. The lowest BCUT2D eigenvalue weighted by Crippen LogP contribution is -2.31. The van der Waals surface area contributed by atoms with Crippen LogP contribution in [0.4, 0.5) is 13.2 Å². The molecule has 3 nitrogen and oxygen atoms in total. The van der Waals surface area contributed by atoms with Gasteiger partial charge in [0, 0.05) is 13.6 Å². The van der Waals surface area contributed by atoms with Crippen molar-refractivity contribution in [2.45, 2.75) is 6.92 Å².